The van der Waals surface area contributed by atoms with Gasteiger partial charge in [0.25, 0.3) is 0 Å². The van der Waals surface area contributed by atoms with E-state index in [9.17, 15) is 9.59 Å². The minimum Gasteiger partial charge on any atom is -0.481 e. The third kappa shape index (κ3) is 9.34. The van der Waals surface area contributed by atoms with Crippen LogP contribution in [0.4, 0.5) is 0 Å². The smallest absolute Gasteiger partial charge is 0.303 e. The Bertz CT molecular complexity index is 412. The fraction of sp³-hybridized carbons (Fsp3) is 0.684. The van der Waals surface area contributed by atoms with Crippen LogP contribution in [0, 0.1) is 11.8 Å². The largest absolute Gasteiger partial charge is 0.481 e. The first-order valence-corrected chi connectivity index (χ1v) is 8.79. The number of aliphatic carboxylic acids is 1. The molecule has 0 aromatic rings. The van der Waals surface area contributed by atoms with Gasteiger partial charge < -0.3 is 9.84 Å². The van der Waals surface area contributed by atoms with Crippen LogP contribution < -0.4 is 0 Å². The van der Waals surface area contributed by atoms with Crippen LogP contribution in [-0.4, -0.2) is 30.1 Å². The monoisotopic (exact) mass is 322 g/mol. The van der Waals surface area contributed by atoms with E-state index in [0.717, 1.165) is 38.7 Å². The Kier molecular flexibility index (Phi) is 10.3. The maximum Gasteiger partial charge on any atom is 0.303 e. The number of rotatable bonds is 12. The maximum atomic E-state index is 11.8. The zero-order valence-corrected chi connectivity index (χ0v) is 14.2. The van der Waals surface area contributed by atoms with E-state index in [1.807, 2.05) is 6.08 Å². The second kappa shape index (κ2) is 12.1. The number of hydrogen-bond acceptors (Lipinski definition) is 3. The first-order chi connectivity index (χ1) is 11.1. The molecule has 0 bridgehead atoms. The number of unbranched alkanes of at least 4 members (excludes halogenated alkanes) is 3. The number of carbonyl (C=O) groups is 2. The van der Waals surface area contributed by atoms with Crippen molar-refractivity contribution < 1.29 is 19.4 Å². The lowest BCUT2D eigenvalue weighted by Crippen LogP contribution is -2.09. The summed E-state index contributed by atoms with van der Waals surface area (Å²) in [6, 6.07) is 0. The van der Waals surface area contributed by atoms with Crippen LogP contribution in [-0.2, 0) is 14.3 Å². The van der Waals surface area contributed by atoms with Gasteiger partial charge in [0.15, 0.2) is 5.78 Å². The van der Waals surface area contributed by atoms with Gasteiger partial charge in [0.1, 0.15) is 0 Å². The molecule has 0 aliphatic carbocycles. The number of ether oxygens (including phenoxy) is 1. The molecule has 1 rings (SSSR count). The molecule has 2 atom stereocenters. The van der Waals surface area contributed by atoms with Gasteiger partial charge in [-0.3, -0.25) is 9.59 Å². The number of carbonyl (C=O) groups excluding carboxylic acids is 1. The first kappa shape index (κ1) is 19.6. The van der Waals surface area contributed by atoms with E-state index < -0.39 is 5.97 Å². The predicted molar refractivity (Wildman–Crippen MR) is 91.3 cm³/mol. The fourth-order valence-corrected chi connectivity index (χ4v) is 2.69. The molecule has 0 saturated carbocycles. The van der Waals surface area contributed by atoms with Crippen LogP contribution >= 0.6 is 0 Å². The molecule has 0 aromatic carbocycles. The zero-order valence-electron chi connectivity index (χ0n) is 14.2. The van der Waals surface area contributed by atoms with Crippen molar-refractivity contribution >= 4 is 11.8 Å². The van der Waals surface area contributed by atoms with Crippen LogP contribution in [0.3, 0.4) is 0 Å². The van der Waals surface area contributed by atoms with E-state index in [1.165, 1.54) is 0 Å². The number of carboxylic acid groups (broad SMARTS) is 1. The van der Waals surface area contributed by atoms with Crippen LogP contribution in [0.1, 0.15) is 58.3 Å². The van der Waals surface area contributed by atoms with E-state index in [-0.39, 0.29) is 12.2 Å². The quantitative estimate of drug-likeness (QED) is 0.333. The molecule has 130 valence electrons. The van der Waals surface area contributed by atoms with Gasteiger partial charge in [0, 0.05) is 18.8 Å². The maximum absolute atomic E-state index is 11.8. The van der Waals surface area contributed by atoms with Crippen molar-refractivity contribution in [2.45, 2.75) is 58.3 Å². The summed E-state index contributed by atoms with van der Waals surface area (Å²) in [4.78, 5) is 22.2. The summed E-state index contributed by atoms with van der Waals surface area (Å²) in [5.74, 6) is 0.212. The highest BCUT2D eigenvalue weighted by Gasteiger charge is 2.24. The van der Waals surface area contributed by atoms with E-state index in [1.54, 1.807) is 6.08 Å². The third-order valence-electron chi connectivity index (χ3n) is 4.17. The molecule has 1 saturated heterocycles. The van der Waals surface area contributed by atoms with Gasteiger partial charge in [0.2, 0.25) is 0 Å². The molecule has 0 amide bonds. The molecule has 0 radical (unpaired) electrons. The molecule has 1 heterocycles. The average Bonchev–Trinajstić information content (AvgIpc) is 2.96. The molecule has 4 heteroatoms. The van der Waals surface area contributed by atoms with Crippen molar-refractivity contribution in [3.8, 4) is 0 Å². The zero-order chi connectivity index (χ0) is 16.9. The lowest BCUT2D eigenvalue weighted by Gasteiger charge is -2.11. The highest BCUT2D eigenvalue weighted by atomic mass is 16.5. The van der Waals surface area contributed by atoms with Crippen molar-refractivity contribution in [2.24, 2.45) is 11.8 Å². The van der Waals surface area contributed by atoms with Crippen LogP contribution in [0.25, 0.3) is 0 Å². The molecule has 1 fully saturated rings. The van der Waals surface area contributed by atoms with E-state index >= 15 is 0 Å². The van der Waals surface area contributed by atoms with Crippen LogP contribution in [0.5, 0.6) is 0 Å². The normalized spacial score (nSPS) is 21.4. The molecule has 0 aromatic heterocycles. The summed E-state index contributed by atoms with van der Waals surface area (Å²) in [6.07, 6.45) is 14.4. The molecule has 4 nitrogen and oxygen atoms in total. The molecule has 1 N–H and O–H groups in total. The average molecular weight is 322 g/mol. The van der Waals surface area contributed by atoms with Crippen molar-refractivity contribution in [3.05, 3.63) is 24.3 Å². The number of ketones is 1. The van der Waals surface area contributed by atoms with Gasteiger partial charge in [-0.25, -0.2) is 0 Å². The summed E-state index contributed by atoms with van der Waals surface area (Å²) in [6.45, 7) is 3.56. The SMILES string of the molecule is CCCCCC(=O)C=C[C@@H]1COC[C@@H]1CC=CCCCC(=O)O. The van der Waals surface area contributed by atoms with Crippen molar-refractivity contribution in [1.82, 2.24) is 0 Å². The molecular weight excluding hydrogens is 292 g/mol. The van der Waals surface area contributed by atoms with E-state index in [4.69, 9.17) is 9.84 Å². The Morgan fingerprint density at radius 3 is 2.70 bits per heavy atom. The Labute approximate surface area is 139 Å². The van der Waals surface area contributed by atoms with Gasteiger partial charge in [-0.2, -0.15) is 0 Å². The molecule has 1 aliphatic heterocycles. The molecule has 0 spiro atoms. The first-order valence-electron chi connectivity index (χ1n) is 8.79. The molecule has 23 heavy (non-hydrogen) atoms. The Morgan fingerprint density at radius 2 is 1.96 bits per heavy atom. The van der Waals surface area contributed by atoms with Gasteiger partial charge >= 0.3 is 5.97 Å². The summed E-state index contributed by atoms with van der Waals surface area (Å²) < 4.78 is 5.54. The van der Waals surface area contributed by atoms with Gasteiger partial charge in [-0.05, 0) is 37.7 Å². The highest BCUT2D eigenvalue weighted by molar-refractivity contribution is 5.89. The summed E-state index contributed by atoms with van der Waals surface area (Å²) in [5.41, 5.74) is 0. The number of hydrogen-bond donors (Lipinski definition) is 1. The second-order valence-corrected chi connectivity index (χ2v) is 6.24. The Hall–Kier alpha value is -1.42. The van der Waals surface area contributed by atoms with E-state index in [2.05, 4.69) is 19.1 Å². The minimum absolute atomic E-state index is 0.216. The predicted octanol–water partition coefficient (Wildman–Crippen LogP) is 4.16. The fourth-order valence-electron chi connectivity index (χ4n) is 2.69. The molecule has 1 aliphatic rings. The lowest BCUT2D eigenvalue weighted by molar-refractivity contribution is -0.137. The highest BCUT2D eigenvalue weighted by Crippen LogP contribution is 2.25. The van der Waals surface area contributed by atoms with Gasteiger partial charge in [0.05, 0.1) is 13.2 Å². The summed E-state index contributed by atoms with van der Waals surface area (Å²) in [7, 11) is 0. The number of carboxylic acids is 1. The third-order valence-corrected chi connectivity index (χ3v) is 4.17. The minimum atomic E-state index is -0.739. The van der Waals surface area contributed by atoms with Crippen molar-refractivity contribution in [1.29, 1.82) is 0 Å². The summed E-state index contributed by atoms with van der Waals surface area (Å²) in [5, 5.41) is 8.57. The summed E-state index contributed by atoms with van der Waals surface area (Å²) >= 11 is 0. The topological polar surface area (TPSA) is 63.6 Å². The molecular formula is C19H30O4. The number of allylic oxidation sites excluding steroid dienone is 3. The van der Waals surface area contributed by atoms with E-state index in [0.29, 0.717) is 31.3 Å². The van der Waals surface area contributed by atoms with Gasteiger partial charge in [-0.1, -0.05) is 38.0 Å². The van der Waals surface area contributed by atoms with Crippen molar-refractivity contribution in [2.75, 3.05) is 13.2 Å². The second-order valence-electron chi connectivity index (χ2n) is 6.24. The Morgan fingerprint density at radius 1 is 1.13 bits per heavy atom. The van der Waals surface area contributed by atoms with Crippen LogP contribution in [0.2, 0.25) is 0 Å². The van der Waals surface area contributed by atoms with Gasteiger partial charge in [-0.15, -0.1) is 0 Å². The van der Waals surface area contributed by atoms with Crippen LogP contribution in [0.15, 0.2) is 24.3 Å². The standard InChI is InChI=1S/C19H30O4/c1-2-3-6-10-18(20)13-12-17-15-23-14-16(17)9-7-4-5-8-11-19(21)22/h4,7,12-13,16-17H,2-3,5-6,8-11,14-15H2,1H3,(H,21,22)/t16-,17+/m0/s1. The molecule has 0 unspecified atom stereocenters. The lowest BCUT2D eigenvalue weighted by atomic mass is 9.92. The Balaban J connectivity index is 2.26. The van der Waals surface area contributed by atoms with Crippen molar-refractivity contribution in [3.63, 3.8) is 0 Å².